The summed E-state index contributed by atoms with van der Waals surface area (Å²) in [7, 11) is 0. The van der Waals surface area contributed by atoms with Gasteiger partial charge in [-0.1, -0.05) is 11.6 Å². The molecule has 1 aliphatic heterocycles. The lowest BCUT2D eigenvalue weighted by molar-refractivity contribution is -0.137. The van der Waals surface area contributed by atoms with Crippen molar-refractivity contribution in [3.63, 3.8) is 0 Å². The van der Waals surface area contributed by atoms with Crippen molar-refractivity contribution in [1.29, 1.82) is 0 Å². The van der Waals surface area contributed by atoms with Gasteiger partial charge in [-0.15, -0.1) is 11.8 Å². The standard InChI is InChI=1S/C13H13ClN2O4S/c14-9-1-3-10(4-2-9)16(6-13(19)20)11(17)5-15-8-21-7-12(15)18/h1-4H,5-8H2,(H,19,20). The normalized spacial score (nSPS) is 14.3. The second-order valence-electron chi connectivity index (χ2n) is 4.42. The van der Waals surface area contributed by atoms with E-state index in [1.165, 1.54) is 16.7 Å². The highest BCUT2D eigenvalue weighted by molar-refractivity contribution is 8.00. The summed E-state index contributed by atoms with van der Waals surface area (Å²) in [6.07, 6.45) is 0. The Kier molecular flexibility index (Phi) is 5.08. The number of amides is 2. The summed E-state index contributed by atoms with van der Waals surface area (Å²) < 4.78 is 0. The van der Waals surface area contributed by atoms with Crippen LogP contribution >= 0.6 is 23.4 Å². The van der Waals surface area contributed by atoms with Crippen LogP contribution < -0.4 is 4.90 Å². The Morgan fingerprint density at radius 3 is 2.52 bits per heavy atom. The fourth-order valence-electron chi connectivity index (χ4n) is 1.87. The molecule has 6 nitrogen and oxygen atoms in total. The fraction of sp³-hybridized carbons (Fsp3) is 0.308. The van der Waals surface area contributed by atoms with Crippen LogP contribution in [-0.2, 0) is 14.4 Å². The second kappa shape index (κ2) is 6.82. The molecular formula is C13H13ClN2O4S. The average molecular weight is 329 g/mol. The summed E-state index contributed by atoms with van der Waals surface area (Å²) in [4.78, 5) is 37.3. The number of hydrogen-bond acceptors (Lipinski definition) is 4. The van der Waals surface area contributed by atoms with Gasteiger partial charge < -0.3 is 10.0 Å². The van der Waals surface area contributed by atoms with Gasteiger partial charge >= 0.3 is 5.97 Å². The van der Waals surface area contributed by atoms with E-state index in [4.69, 9.17) is 16.7 Å². The fourth-order valence-corrected chi connectivity index (χ4v) is 2.90. The van der Waals surface area contributed by atoms with Crippen molar-refractivity contribution < 1.29 is 19.5 Å². The highest BCUT2D eigenvalue weighted by Crippen LogP contribution is 2.20. The molecule has 0 atom stereocenters. The van der Waals surface area contributed by atoms with E-state index in [2.05, 4.69) is 0 Å². The van der Waals surface area contributed by atoms with Crippen molar-refractivity contribution in [1.82, 2.24) is 4.90 Å². The summed E-state index contributed by atoms with van der Waals surface area (Å²) in [6.45, 7) is -0.586. The first-order valence-electron chi connectivity index (χ1n) is 6.10. The van der Waals surface area contributed by atoms with Crippen molar-refractivity contribution in [3.8, 4) is 0 Å². The molecule has 2 rings (SSSR count). The zero-order valence-electron chi connectivity index (χ0n) is 11.0. The third kappa shape index (κ3) is 4.12. The van der Waals surface area contributed by atoms with Gasteiger partial charge in [-0.2, -0.15) is 0 Å². The van der Waals surface area contributed by atoms with E-state index < -0.39 is 18.4 Å². The van der Waals surface area contributed by atoms with Crippen LogP contribution in [0.25, 0.3) is 0 Å². The van der Waals surface area contributed by atoms with Gasteiger partial charge in [0.1, 0.15) is 13.1 Å². The summed E-state index contributed by atoms with van der Waals surface area (Å²) in [5, 5.41) is 9.45. The van der Waals surface area contributed by atoms with Crippen LogP contribution in [0.15, 0.2) is 24.3 Å². The monoisotopic (exact) mass is 328 g/mol. The van der Waals surface area contributed by atoms with Crippen molar-refractivity contribution in [2.75, 3.05) is 29.6 Å². The first-order valence-corrected chi connectivity index (χ1v) is 7.64. The Morgan fingerprint density at radius 2 is 2.00 bits per heavy atom. The molecule has 1 heterocycles. The molecule has 0 bridgehead atoms. The molecule has 112 valence electrons. The van der Waals surface area contributed by atoms with E-state index in [0.29, 0.717) is 22.3 Å². The number of carbonyl (C=O) groups is 3. The number of halogens is 1. The van der Waals surface area contributed by atoms with Gasteiger partial charge in [0, 0.05) is 10.7 Å². The first-order chi connectivity index (χ1) is 9.97. The van der Waals surface area contributed by atoms with Crippen molar-refractivity contribution in [2.45, 2.75) is 0 Å². The number of thioether (sulfide) groups is 1. The van der Waals surface area contributed by atoms with Gasteiger partial charge in [0.25, 0.3) is 0 Å². The highest BCUT2D eigenvalue weighted by atomic mass is 35.5. The van der Waals surface area contributed by atoms with Gasteiger partial charge in [0.05, 0.1) is 11.6 Å². The number of carbonyl (C=O) groups excluding carboxylic acids is 2. The minimum atomic E-state index is -1.12. The molecule has 1 aliphatic rings. The largest absolute Gasteiger partial charge is 0.480 e. The Bertz CT molecular complexity index is 564. The number of carboxylic acids is 1. The van der Waals surface area contributed by atoms with Gasteiger partial charge in [-0.25, -0.2) is 0 Å². The van der Waals surface area contributed by atoms with Crippen LogP contribution in [0, 0.1) is 0 Å². The zero-order valence-corrected chi connectivity index (χ0v) is 12.6. The number of anilines is 1. The summed E-state index contributed by atoms with van der Waals surface area (Å²) in [5.74, 6) is -0.866. The summed E-state index contributed by atoms with van der Waals surface area (Å²) in [5.41, 5.74) is 0.436. The molecular weight excluding hydrogens is 316 g/mol. The predicted octanol–water partition coefficient (Wildman–Crippen LogP) is 1.29. The number of rotatable bonds is 5. The third-order valence-electron chi connectivity index (χ3n) is 2.88. The molecule has 0 unspecified atom stereocenters. The number of hydrogen-bond donors (Lipinski definition) is 1. The van der Waals surface area contributed by atoms with E-state index in [-0.39, 0.29) is 12.5 Å². The minimum absolute atomic E-state index is 0.111. The molecule has 21 heavy (non-hydrogen) atoms. The molecule has 8 heteroatoms. The zero-order chi connectivity index (χ0) is 15.4. The Morgan fingerprint density at radius 1 is 1.33 bits per heavy atom. The topological polar surface area (TPSA) is 77.9 Å². The quantitative estimate of drug-likeness (QED) is 0.881. The van der Waals surface area contributed by atoms with Crippen LogP contribution in [0.3, 0.4) is 0 Å². The number of benzene rings is 1. The third-order valence-corrected chi connectivity index (χ3v) is 4.08. The van der Waals surface area contributed by atoms with E-state index >= 15 is 0 Å². The van der Waals surface area contributed by atoms with Crippen molar-refractivity contribution in [2.24, 2.45) is 0 Å². The minimum Gasteiger partial charge on any atom is -0.480 e. The second-order valence-corrected chi connectivity index (χ2v) is 5.81. The SMILES string of the molecule is O=C(O)CN(C(=O)CN1CSCC1=O)c1ccc(Cl)cc1. The summed E-state index contributed by atoms with van der Waals surface area (Å²) in [6, 6.07) is 6.30. The van der Waals surface area contributed by atoms with E-state index in [9.17, 15) is 14.4 Å². The molecule has 1 N–H and O–H groups in total. The molecule has 0 saturated carbocycles. The average Bonchev–Trinajstić information content (AvgIpc) is 2.82. The molecule has 1 aromatic rings. The molecule has 0 aromatic heterocycles. The molecule has 2 amide bonds. The Labute approximate surface area is 130 Å². The smallest absolute Gasteiger partial charge is 0.323 e. The van der Waals surface area contributed by atoms with Gasteiger partial charge in [-0.3, -0.25) is 19.3 Å². The van der Waals surface area contributed by atoms with Crippen LogP contribution in [0.2, 0.25) is 5.02 Å². The maximum Gasteiger partial charge on any atom is 0.323 e. The summed E-state index contributed by atoms with van der Waals surface area (Å²) >= 11 is 7.21. The van der Waals surface area contributed by atoms with Crippen molar-refractivity contribution >= 4 is 46.8 Å². The van der Waals surface area contributed by atoms with E-state index in [0.717, 1.165) is 4.90 Å². The van der Waals surface area contributed by atoms with Crippen LogP contribution in [0.5, 0.6) is 0 Å². The van der Waals surface area contributed by atoms with E-state index in [1.54, 1.807) is 24.3 Å². The van der Waals surface area contributed by atoms with Gasteiger partial charge in [-0.05, 0) is 24.3 Å². The highest BCUT2D eigenvalue weighted by Gasteiger charge is 2.26. The van der Waals surface area contributed by atoms with Crippen LogP contribution in [-0.4, -0.2) is 52.5 Å². The number of carboxylic acid groups (broad SMARTS) is 1. The van der Waals surface area contributed by atoms with Crippen LogP contribution in [0.1, 0.15) is 0 Å². The lowest BCUT2D eigenvalue weighted by Gasteiger charge is -2.23. The first kappa shape index (κ1) is 15.7. The number of aliphatic carboxylic acids is 1. The lowest BCUT2D eigenvalue weighted by Crippen LogP contribution is -2.43. The molecule has 1 aromatic carbocycles. The predicted molar refractivity (Wildman–Crippen MR) is 80.5 cm³/mol. The van der Waals surface area contributed by atoms with Gasteiger partial charge in [0.15, 0.2) is 0 Å². The molecule has 0 spiro atoms. The maximum absolute atomic E-state index is 12.3. The molecule has 1 saturated heterocycles. The Hall–Kier alpha value is -1.73. The Balaban J connectivity index is 2.14. The molecule has 0 radical (unpaired) electrons. The lowest BCUT2D eigenvalue weighted by atomic mass is 10.2. The molecule has 0 aliphatic carbocycles. The van der Waals surface area contributed by atoms with Crippen LogP contribution in [0.4, 0.5) is 5.69 Å². The molecule has 1 fully saturated rings. The van der Waals surface area contributed by atoms with Crippen molar-refractivity contribution in [3.05, 3.63) is 29.3 Å². The maximum atomic E-state index is 12.3. The number of nitrogens with zero attached hydrogens (tertiary/aromatic N) is 2. The van der Waals surface area contributed by atoms with Gasteiger partial charge in [0.2, 0.25) is 11.8 Å². The van der Waals surface area contributed by atoms with E-state index in [1.807, 2.05) is 0 Å².